The van der Waals surface area contributed by atoms with Crippen LogP contribution in [0, 0.1) is 39.4 Å². The normalized spacial score (nSPS) is 54.0. The first-order chi connectivity index (χ1) is 16.3. The number of hydrogen-bond donors (Lipinski definition) is 0. The molecular weight excluding hydrogens is 448 g/mol. The SMILES string of the molecule is CC(=O)O[C@@H]1C[C@H]2C(C)(C)C(=O)CC[C@]2(C)[C@H]2CC[C@@]3(C)[C@H](C4CCOC4)OC(=O)[C@H]4O[C@]43[C@@]21C. The zero-order valence-electron chi connectivity index (χ0n) is 22.0. The molecule has 35 heavy (non-hydrogen) atoms. The molecule has 194 valence electrons. The minimum atomic E-state index is -0.745. The lowest BCUT2D eigenvalue weighted by molar-refractivity contribution is -0.266. The quantitative estimate of drug-likeness (QED) is 0.431. The van der Waals surface area contributed by atoms with E-state index in [9.17, 15) is 14.4 Å². The Balaban J connectivity index is 1.50. The molecule has 0 aromatic heterocycles. The van der Waals surface area contributed by atoms with Crippen LogP contribution in [0.25, 0.3) is 0 Å². The predicted molar refractivity (Wildman–Crippen MR) is 125 cm³/mol. The van der Waals surface area contributed by atoms with E-state index in [1.807, 2.05) is 0 Å². The summed E-state index contributed by atoms with van der Waals surface area (Å²) in [5.74, 6) is 0.109. The molecule has 3 aliphatic carbocycles. The van der Waals surface area contributed by atoms with E-state index in [-0.39, 0.29) is 41.2 Å². The van der Waals surface area contributed by atoms with Gasteiger partial charge in [-0.2, -0.15) is 0 Å². The van der Waals surface area contributed by atoms with E-state index in [0.717, 1.165) is 25.7 Å². The maximum Gasteiger partial charge on any atom is 0.338 e. The van der Waals surface area contributed by atoms with Crippen molar-refractivity contribution in [1.82, 2.24) is 0 Å². The highest BCUT2D eigenvalue weighted by Gasteiger charge is 2.88. The van der Waals surface area contributed by atoms with Crippen LogP contribution in [0.2, 0.25) is 0 Å². The number of Topliss-reactive ketones (excluding diaryl/α,β-unsaturated/α-hetero) is 1. The first-order valence-electron chi connectivity index (χ1n) is 13.5. The Kier molecular flexibility index (Phi) is 4.84. The van der Waals surface area contributed by atoms with Gasteiger partial charge in [0, 0.05) is 42.1 Å². The standard InChI is InChI=1S/C28H40O7/c1-15(29)33-20-13-18-24(2,3)19(30)8-10-25(18,4)17-7-11-26(5)21(16-9-12-32-14-16)34-23(31)22-28(26,35-22)27(17,20)6/h16-18,20-22H,7-14H2,1-6H3/t16?,17-,18+,20-,21+,22-,25-,26+,27+,28-/m1/s1. The Morgan fingerprint density at radius 1 is 1.03 bits per heavy atom. The van der Waals surface area contributed by atoms with Gasteiger partial charge in [-0.3, -0.25) is 9.59 Å². The van der Waals surface area contributed by atoms with Gasteiger partial charge in [0.15, 0.2) is 6.10 Å². The topological polar surface area (TPSA) is 91.4 Å². The van der Waals surface area contributed by atoms with Crippen LogP contribution in [0.3, 0.4) is 0 Å². The van der Waals surface area contributed by atoms with Crippen molar-refractivity contribution in [3.63, 3.8) is 0 Å². The van der Waals surface area contributed by atoms with Crippen molar-refractivity contribution < 1.29 is 33.3 Å². The van der Waals surface area contributed by atoms with Crippen LogP contribution in [-0.4, -0.2) is 54.8 Å². The monoisotopic (exact) mass is 488 g/mol. The van der Waals surface area contributed by atoms with E-state index in [1.165, 1.54) is 6.92 Å². The van der Waals surface area contributed by atoms with E-state index in [0.29, 0.717) is 31.8 Å². The van der Waals surface area contributed by atoms with Crippen LogP contribution in [-0.2, 0) is 33.3 Å². The summed E-state index contributed by atoms with van der Waals surface area (Å²) < 4.78 is 24.6. The summed E-state index contributed by atoms with van der Waals surface area (Å²) in [6, 6.07) is 0. The fourth-order valence-corrected chi connectivity index (χ4v) is 10.3. The van der Waals surface area contributed by atoms with E-state index in [4.69, 9.17) is 18.9 Å². The number of carbonyl (C=O) groups excluding carboxylic acids is 3. The maximum atomic E-state index is 13.3. The number of rotatable bonds is 2. The van der Waals surface area contributed by atoms with Crippen molar-refractivity contribution in [2.24, 2.45) is 39.4 Å². The molecule has 6 aliphatic rings. The molecule has 0 aromatic carbocycles. The van der Waals surface area contributed by atoms with Crippen molar-refractivity contribution in [3.8, 4) is 0 Å². The molecule has 6 rings (SSSR count). The molecule has 7 heteroatoms. The van der Waals surface area contributed by atoms with Gasteiger partial charge in [-0.25, -0.2) is 4.79 Å². The zero-order chi connectivity index (χ0) is 25.2. The van der Waals surface area contributed by atoms with Crippen LogP contribution in [0.15, 0.2) is 0 Å². The van der Waals surface area contributed by atoms with Gasteiger partial charge in [0.2, 0.25) is 0 Å². The summed E-state index contributed by atoms with van der Waals surface area (Å²) in [7, 11) is 0. The van der Waals surface area contributed by atoms with Crippen molar-refractivity contribution >= 4 is 17.7 Å². The Labute approximate surface area is 207 Å². The molecule has 0 aromatic rings. The fourth-order valence-electron chi connectivity index (χ4n) is 10.3. The first-order valence-corrected chi connectivity index (χ1v) is 13.5. The highest BCUT2D eigenvalue weighted by atomic mass is 16.7. The van der Waals surface area contributed by atoms with E-state index >= 15 is 0 Å². The zero-order valence-corrected chi connectivity index (χ0v) is 22.0. The molecule has 3 heterocycles. The Morgan fingerprint density at radius 2 is 1.77 bits per heavy atom. The lowest BCUT2D eigenvalue weighted by Crippen LogP contribution is -2.74. The van der Waals surface area contributed by atoms with Crippen LogP contribution in [0.1, 0.15) is 80.1 Å². The predicted octanol–water partition coefficient (Wildman–Crippen LogP) is 3.86. The molecule has 0 N–H and O–H groups in total. The summed E-state index contributed by atoms with van der Waals surface area (Å²) in [6.07, 6.45) is 3.36. The Bertz CT molecular complexity index is 984. The number of ether oxygens (including phenoxy) is 4. The third kappa shape index (κ3) is 2.67. The van der Waals surface area contributed by atoms with Gasteiger partial charge in [-0.1, -0.05) is 34.6 Å². The third-order valence-electron chi connectivity index (χ3n) is 11.9. The number of epoxide rings is 1. The molecule has 3 saturated heterocycles. The first kappa shape index (κ1) is 23.9. The van der Waals surface area contributed by atoms with Gasteiger partial charge in [0.1, 0.15) is 23.6 Å². The average molecular weight is 489 g/mol. The summed E-state index contributed by atoms with van der Waals surface area (Å²) in [5.41, 5.74) is -2.29. The van der Waals surface area contributed by atoms with Crippen LogP contribution in [0.5, 0.6) is 0 Å². The van der Waals surface area contributed by atoms with Crippen molar-refractivity contribution in [3.05, 3.63) is 0 Å². The largest absolute Gasteiger partial charge is 0.462 e. The summed E-state index contributed by atoms with van der Waals surface area (Å²) >= 11 is 0. The van der Waals surface area contributed by atoms with Crippen LogP contribution in [0.4, 0.5) is 0 Å². The van der Waals surface area contributed by atoms with E-state index < -0.39 is 34.1 Å². The molecule has 0 bridgehead atoms. The molecule has 0 radical (unpaired) electrons. The van der Waals surface area contributed by atoms with Crippen molar-refractivity contribution in [1.29, 1.82) is 0 Å². The summed E-state index contributed by atoms with van der Waals surface area (Å²) in [6.45, 7) is 13.7. The van der Waals surface area contributed by atoms with Crippen molar-refractivity contribution in [2.45, 2.75) is 104 Å². The van der Waals surface area contributed by atoms with E-state index in [2.05, 4.69) is 34.6 Å². The fraction of sp³-hybridized carbons (Fsp3) is 0.893. The summed E-state index contributed by atoms with van der Waals surface area (Å²) in [4.78, 5) is 38.8. The lowest BCUT2D eigenvalue weighted by atomic mass is 9.34. The molecule has 7 nitrogen and oxygen atoms in total. The molecule has 1 spiro atoms. The number of carbonyl (C=O) groups is 3. The molecule has 3 saturated carbocycles. The smallest absolute Gasteiger partial charge is 0.338 e. The molecule has 6 fully saturated rings. The minimum absolute atomic E-state index is 0.103. The molecular formula is C28H40O7. The van der Waals surface area contributed by atoms with Gasteiger partial charge in [0.25, 0.3) is 0 Å². The van der Waals surface area contributed by atoms with Gasteiger partial charge in [-0.15, -0.1) is 0 Å². The number of hydrogen-bond acceptors (Lipinski definition) is 7. The number of fused-ring (bicyclic) bond motifs is 3. The second-order valence-corrected chi connectivity index (χ2v) is 13.5. The lowest BCUT2D eigenvalue weighted by Gasteiger charge is -2.70. The molecule has 0 amide bonds. The van der Waals surface area contributed by atoms with Crippen LogP contribution < -0.4 is 0 Å². The van der Waals surface area contributed by atoms with Gasteiger partial charge in [0.05, 0.1) is 6.61 Å². The number of esters is 2. The second-order valence-electron chi connectivity index (χ2n) is 13.5. The molecule has 1 unspecified atom stereocenters. The Morgan fingerprint density at radius 3 is 2.43 bits per heavy atom. The van der Waals surface area contributed by atoms with Gasteiger partial charge in [-0.05, 0) is 49.4 Å². The molecule has 10 atom stereocenters. The average Bonchev–Trinajstić information content (AvgIpc) is 3.35. The highest BCUT2D eigenvalue weighted by molar-refractivity contribution is 5.86. The van der Waals surface area contributed by atoms with Crippen LogP contribution >= 0.6 is 0 Å². The minimum Gasteiger partial charge on any atom is -0.462 e. The molecule has 3 aliphatic heterocycles. The van der Waals surface area contributed by atoms with Crippen molar-refractivity contribution in [2.75, 3.05) is 13.2 Å². The second kappa shape index (κ2) is 7.09. The van der Waals surface area contributed by atoms with Gasteiger partial charge < -0.3 is 18.9 Å². The Hall–Kier alpha value is -1.47. The highest BCUT2D eigenvalue weighted by Crippen LogP contribution is 2.79. The van der Waals surface area contributed by atoms with Gasteiger partial charge >= 0.3 is 11.9 Å². The summed E-state index contributed by atoms with van der Waals surface area (Å²) in [5, 5.41) is 0. The third-order valence-corrected chi connectivity index (χ3v) is 11.9. The maximum absolute atomic E-state index is 13.3. The van der Waals surface area contributed by atoms with E-state index in [1.54, 1.807) is 0 Å². The number of ketones is 1. The number of cyclic esters (lactones) is 1.